The van der Waals surface area contributed by atoms with Crippen molar-refractivity contribution in [1.82, 2.24) is 9.78 Å². The minimum Gasteiger partial charge on any atom is -0.324 e. The molecule has 31 heavy (non-hydrogen) atoms. The topological polar surface area (TPSA) is 64.0 Å². The molecule has 1 amide bonds. The summed E-state index contributed by atoms with van der Waals surface area (Å²) in [6.45, 7) is 5.73. The number of halogens is 1. The quantitative estimate of drug-likeness (QED) is 0.664. The summed E-state index contributed by atoms with van der Waals surface area (Å²) in [6.07, 6.45) is 3.49. The summed E-state index contributed by atoms with van der Waals surface area (Å²) < 4.78 is 14.5. The maximum atomic E-state index is 13.3. The molecule has 160 valence electrons. The smallest absolute Gasteiger partial charge is 0.271 e. The molecule has 0 bridgehead atoms. The molecule has 1 aromatic heterocycles. The van der Waals surface area contributed by atoms with E-state index in [1.807, 2.05) is 13.8 Å². The third kappa shape index (κ3) is 4.15. The molecular formula is C25H26FN3O2. The Bertz CT molecular complexity index is 1200. The first kappa shape index (κ1) is 21.0. The Morgan fingerprint density at radius 1 is 1.06 bits per heavy atom. The fraction of sp³-hybridized carbons (Fsp3) is 0.320. The minimum absolute atomic E-state index is 0.203. The van der Waals surface area contributed by atoms with E-state index in [1.165, 1.54) is 28.9 Å². The van der Waals surface area contributed by atoms with Crippen LogP contribution in [0.5, 0.6) is 0 Å². The van der Waals surface area contributed by atoms with Gasteiger partial charge in [-0.15, -0.1) is 0 Å². The van der Waals surface area contributed by atoms with Crippen molar-refractivity contribution in [3.8, 4) is 11.3 Å². The number of hydrogen-bond donors (Lipinski definition) is 1. The van der Waals surface area contributed by atoms with Gasteiger partial charge in [-0.3, -0.25) is 9.59 Å². The van der Waals surface area contributed by atoms with Crippen LogP contribution in [-0.4, -0.2) is 15.7 Å². The lowest BCUT2D eigenvalue weighted by molar-refractivity contribution is -0.119. The zero-order chi connectivity index (χ0) is 22.1. The van der Waals surface area contributed by atoms with Crippen LogP contribution in [0.15, 0.2) is 47.3 Å². The summed E-state index contributed by atoms with van der Waals surface area (Å²) in [7, 11) is 0. The van der Waals surface area contributed by atoms with E-state index in [1.54, 1.807) is 6.92 Å². The average Bonchev–Trinajstić information content (AvgIpc) is 2.77. The zero-order valence-corrected chi connectivity index (χ0v) is 18.0. The van der Waals surface area contributed by atoms with Crippen molar-refractivity contribution in [1.29, 1.82) is 0 Å². The highest BCUT2D eigenvalue weighted by atomic mass is 19.1. The number of anilines is 1. The van der Waals surface area contributed by atoms with Gasteiger partial charge < -0.3 is 5.32 Å². The highest BCUT2D eigenvalue weighted by molar-refractivity contribution is 5.93. The predicted octanol–water partition coefficient (Wildman–Crippen LogP) is 4.74. The Morgan fingerprint density at radius 2 is 1.74 bits per heavy atom. The van der Waals surface area contributed by atoms with E-state index in [-0.39, 0.29) is 17.3 Å². The molecule has 0 aliphatic heterocycles. The summed E-state index contributed by atoms with van der Waals surface area (Å²) in [4.78, 5) is 26.1. The summed E-state index contributed by atoms with van der Waals surface area (Å²) >= 11 is 0. The Labute approximate surface area is 180 Å². The van der Waals surface area contributed by atoms with Crippen molar-refractivity contribution in [2.45, 2.75) is 52.5 Å². The van der Waals surface area contributed by atoms with E-state index in [0.717, 1.165) is 52.8 Å². The lowest BCUT2D eigenvalue weighted by Crippen LogP contribution is -2.37. The van der Waals surface area contributed by atoms with Gasteiger partial charge in [0.1, 0.15) is 11.9 Å². The number of fused-ring (bicyclic) bond motifs is 1. The van der Waals surface area contributed by atoms with E-state index < -0.39 is 6.04 Å². The van der Waals surface area contributed by atoms with Gasteiger partial charge in [-0.2, -0.15) is 5.10 Å². The molecule has 1 aliphatic carbocycles. The zero-order valence-electron chi connectivity index (χ0n) is 18.0. The Balaban J connectivity index is 1.79. The second-order valence-corrected chi connectivity index (χ2v) is 8.25. The highest BCUT2D eigenvalue weighted by Gasteiger charge is 2.26. The normalized spacial score (nSPS) is 14.1. The number of aromatic nitrogens is 2. The molecule has 0 unspecified atom stereocenters. The number of carbonyl (C=O) groups is 1. The molecule has 6 heteroatoms. The van der Waals surface area contributed by atoms with Gasteiger partial charge >= 0.3 is 0 Å². The molecule has 5 nitrogen and oxygen atoms in total. The SMILES string of the molecule is Cc1ccc(C)c(-c2nn([C@@H](C)C(=O)Nc3ccc(F)cc3)c(=O)c3c2CCCC3)c1. The van der Waals surface area contributed by atoms with Crippen LogP contribution in [0.2, 0.25) is 0 Å². The highest BCUT2D eigenvalue weighted by Crippen LogP contribution is 2.31. The van der Waals surface area contributed by atoms with Crippen molar-refractivity contribution in [3.05, 3.63) is 80.9 Å². The summed E-state index contributed by atoms with van der Waals surface area (Å²) in [6, 6.07) is 10.9. The predicted molar refractivity (Wildman–Crippen MR) is 120 cm³/mol. The number of carbonyl (C=O) groups excluding carboxylic acids is 1. The Kier molecular flexibility index (Phi) is 5.72. The summed E-state index contributed by atoms with van der Waals surface area (Å²) in [5.41, 5.74) is 6.02. The third-order valence-electron chi connectivity index (χ3n) is 5.93. The number of nitrogens with one attached hydrogen (secondary N) is 1. The summed E-state index contributed by atoms with van der Waals surface area (Å²) in [5.74, 6) is -0.749. The molecule has 4 rings (SSSR count). The van der Waals surface area contributed by atoms with Gasteiger partial charge in [0.2, 0.25) is 5.91 Å². The number of nitrogens with zero attached hydrogens (tertiary/aromatic N) is 2. The van der Waals surface area contributed by atoms with Gasteiger partial charge in [0.15, 0.2) is 0 Å². The molecule has 3 aromatic rings. The van der Waals surface area contributed by atoms with Gasteiger partial charge in [-0.25, -0.2) is 9.07 Å². The molecule has 1 aliphatic rings. The van der Waals surface area contributed by atoms with E-state index in [2.05, 4.69) is 23.5 Å². The average molecular weight is 420 g/mol. The molecular weight excluding hydrogens is 393 g/mol. The third-order valence-corrected chi connectivity index (χ3v) is 5.93. The van der Waals surface area contributed by atoms with E-state index >= 15 is 0 Å². The fourth-order valence-corrected chi connectivity index (χ4v) is 4.12. The Hall–Kier alpha value is -3.28. The lowest BCUT2D eigenvalue weighted by Gasteiger charge is -2.23. The van der Waals surface area contributed by atoms with Crippen LogP contribution in [0.25, 0.3) is 11.3 Å². The summed E-state index contributed by atoms with van der Waals surface area (Å²) in [5, 5.41) is 7.47. The lowest BCUT2D eigenvalue weighted by atomic mass is 9.88. The van der Waals surface area contributed by atoms with E-state index in [0.29, 0.717) is 12.1 Å². The van der Waals surface area contributed by atoms with Gasteiger partial charge in [0.25, 0.3) is 5.56 Å². The van der Waals surface area contributed by atoms with Gasteiger partial charge in [0, 0.05) is 16.8 Å². The van der Waals surface area contributed by atoms with Gasteiger partial charge in [0.05, 0.1) is 5.69 Å². The number of aryl methyl sites for hydroxylation is 2. The number of benzene rings is 2. The minimum atomic E-state index is -0.811. The molecule has 1 atom stereocenters. The fourth-order valence-electron chi connectivity index (χ4n) is 4.12. The van der Waals surface area contributed by atoms with E-state index in [4.69, 9.17) is 5.10 Å². The molecule has 2 aromatic carbocycles. The van der Waals surface area contributed by atoms with Crippen LogP contribution in [0.4, 0.5) is 10.1 Å². The van der Waals surface area contributed by atoms with Crippen molar-refractivity contribution >= 4 is 11.6 Å². The molecule has 0 saturated heterocycles. The first-order valence-electron chi connectivity index (χ1n) is 10.6. The molecule has 0 spiro atoms. The van der Waals surface area contributed by atoms with E-state index in [9.17, 15) is 14.0 Å². The van der Waals surface area contributed by atoms with Crippen molar-refractivity contribution in [2.24, 2.45) is 0 Å². The number of amides is 1. The van der Waals surface area contributed by atoms with Crippen LogP contribution in [-0.2, 0) is 17.6 Å². The van der Waals surface area contributed by atoms with Gasteiger partial charge in [-0.1, -0.05) is 17.7 Å². The standard InChI is InChI=1S/C25H26FN3O2/c1-15-8-9-16(2)22(14-15)23-20-6-4-5-7-21(20)25(31)29(28-23)17(3)24(30)27-19-12-10-18(26)11-13-19/h8-14,17H,4-7H2,1-3H3,(H,27,30)/t17-/m0/s1. The molecule has 1 N–H and O–H groups in total. The number of rotatable bonds is 4. The molecule has 0 radical (unpaired) electrons. The Morgan fingerprint density at radius 3 is 2.45 bits per heavy atom. The first-order valence-corrected chi connectivity index (χ1v) is 10.6. The van der Waals surface area contributed by atoms with Crippen LogP contribution in [0.3, 0.4) is 0 Å². The second-order valence-electron chi connectivity index (χ2n) is 8.25. The largest absolute Gasteiger partial charge is 0.324 e. The maximum absolute atomic E-state index is 13.3. The molecule has 1 heterocycles. The maximum Gasteiger partial charge on any atom is 0.271 e. The van der Waals surface area contributed by atoms with Crippen molar-refractivity contribution in [2.75, 3.05) is 5.32 Å². The second kappa shape index (κ2) is 8.46. The first-order chi connectivity index (χ1) is 14.8. The molecule has 0 saturated carbocycles. The van der Waals surface area contributed by atoms with Crippen LogP contribution < -0.4 is 10.9 Å². The van der Waals surface area contributed by atoms with Crippen LogP contribution in [0.1, 0.15) is 48.1 Å². The van der Waals surface area contributed by atoms with Crippen LogP contribution >= 0.6 is 0 Å². The van der Waals surface area contributed by atoms with Crippen LogP contribution in [0, 0.1) is 19.7 Å². The van der Waals surface area contributed by atoms with Gasteiger partial charge in [-0.05, 0) is 87.9 Å². The van der Waals surface area contributed by atoms with Crippen molar-refractivity contribution < 1.29 is 9.18 Å². The number of hydrogen-bond acceptors (Lipinski definition) is 3. The monoisotopic (exact) mass is 419 g/mol. The van der Waals surface area contributed by atoms with Crippen molar-refractivity contribution in [3.63, 3.8) is 0 Å². The molecule has 0 fully saturated rings.